The van der Waals surface area contributed by atoms with Crippen molar-refractivity contribution in [2.75, 3.05) is 18.1 Å². The van der Waals surface area contributed by atoms with E-state index in [1.807, 2.05) is 18.2 Å². The van der Waals surface area contributed by atoms with E-state index in [2.05, 4.69) is 19.9 Å². The van der Waals surface area contributed by atoms with Gasteiger partial charge >= 0.3 is 0 Å². The standard InChI is InChI=1S/C16H18N4O2/c1-3-12(11-17-6-1)22-14-5-4-13-15(14)21-10-9-20(13)16-18-7-2-8-19-16/h1-3,6-8,11,13-15H,4-5,9-10H2/t13-,14-,15+/m1/s1. The number of morpholine rings is 1. The molecule has 0 amide bonds. The first-order valence-electron chi connectivity index (χ1n) is 7.64. The monoisotopic (exact) mass is 298 g/mol. The number of hydrogen-bond acceptors (Lipinski definition) is 6. The van der Waals surface area contributed by atoms with Crippen LogP contribution in [0, 0.1) is 0 Å². The molecule has 6 nitrogen and oxygen atoms in total. The molecule has 0 radical (unpaired) electrons. The molecule has 2 fully saturated rings. The maximum atomic E-state index is 6.07. The van der Waals surface area contributed by atoms with Crippen LogP contribution in [0.2, 0.25) is 0 Å². The van der Waals surface area contributed by atoms with Crippen molar-refractivity contribution in [1.82, 2.24) is 15.0 Å². The van der Waals surface area contributed by atoms with Gasteiger partial charge in [-0.05, 0) is 31.0 Å². The summed E-state index contributed by atoms with van der Waals surface area (Å²) in [5.74, 6) is 1.58. The molecule has 3 heterocycles. The maximum absolute atomic E-state index is 6.07. The highest BCUT2D eigenvalue weighted by atomic mass is 16.5. The molecule has 22 heavy (non-hydrogen) atoms. The number of aromatic nitrogens is 3. The lowest BCUT2D eigenvalue weighted by atomic mass is 10.1. The lowest BCUT2D eigenvalue weighted by Crippen LogP contribution is -2.53. The molecule has 6 heteroatoms. The molecule has 2 aliphatic rings. The minimum Gasteiger partial charge on any atom is -0.486 e. The lowest BCUT2D eigenvalue weighted by molar-refractivity contribution is -0.0311. The van der Waals surface area contributed by atoms with Gasteiger partial charge in [0.25, 0.3) is 0 Å². The molecule has 0 N–H and O–H groups in total. The third-order valence-electron chi connectivity index (χ3n) is 4.27. The normalized spacial score (nSPS) is 27.5. The van der Waals surface area contributed by atoms with Crippen LogP contribution in [0.5, 0.6) is 5.75 Å². The number of rotatable bonds is 3. The van der Waals surface area contributed by atoms with Gasteiger partial charge in [0.15, 0.2) is 0 Å². The van der Waals surface area contributed by atoms with Gasteiger partial charge < -0.3 is 14.4 Å². The molecular formula is C16H18N4O2. The Hall–Kier alpha value is -2.21. The molecule has 2 aromatic heterocycles. The SMILES string of the molecule is c1cnc(N2CCO[C@H]3[C@H]2CC[C@H]3Oc2cccnc2)nc1. The first-order valence-corrected chi connectivity index (χ1v) is 7.64. The van der Waals surface area contributed by atoms with Crippen molar-refractivity contribution in [3.05, 3.63) is 43.0 Å². The molecule has 3 atom stereocenters. The third-order valence-corrected chi connectivity index (χ3v) is 4.27. The average molecular weight is 298 g/mol. The van der Waals surface area contributed by atoms with E-state index in [9.17, 15) is 0 Å². The molecule has 1 saturated carbocycles. The van der Waals surface area contributed by atoms with E-state index < -0.39 is 0 Å². The molecule has 1 aliphatic heterocycles. The topological polar surface area (TPSA) is 60.4 Å². The second-order valence-electron chi connectivity index (χ2n) is 5.57. The molecule has 114 valence electrons. The summed E-state index contributed by atoms with van der Waals surface area (Å²) >= 11 is 0. The van der Waals surface area contributed by atoms with Crippen LogP contribution in [0.3, 0.4) is 0 Å². The number of anilines is 1. The van der Waals surface area contributed by atoms with Crippen molar-refractivity contribution in [2.24, 2.45) is 0 Å². The van der Waals surface area contributed by atoms with Gasteiger partial charge in [0, 0.05) is 25.1 Å². The Kier molecular flexibility index (Phi) is 3.60. The van der Waals surface area contributed by atoms with Crippen LogP contribution < -0.4 is 9.64 Å². The number of hydrogen-bond donors (Lipinski definition) is 0. The molecule has 0 spiro atoms. The number of nitrogens with zero attached hydrogens (tertiary/aromatic N) is 4. The van der Waals surface area contributed by atoms with E-state index in [4.69, 9.17) is 9.47 Å². The van der Waals surface area contributed by atoms with Crippen LogP contribution in [-0.2, 0) is 4.74 Å². The Balaban J connectivity index is 1.51. The minimum atomic E-state index is 0.0535. The minimum absolute atomic E-state index is 0.0535. The molecule has 0 unspecified atom stereocenters. The predicted octanol–water partition coefficient (Wildman–Crippen LogP) is 1.69. The van der Waals surface area contributed by atoms with Gasteiger partial charge in [0.05, 0.1) is 18.8 Å². The van der Waals surface area contributed by atoms with E-state index in [0.29, 0.717) is 6.61 Å². The second-order valence-corrected chi connectivity index (χ2v) is 5.57. The van der Waals surface area contributed by atoms with Gasteiger partial charge in [0.1, 0.15) is 18.0 Å². The van der Waals surface area contributed by atoms with E-state index in [1.54, 1.807) is 24.8 Å². The summed E-state index contributed by atoms with van der Waals surface area (Å²) in [5.41, 5.74) is 0. The first-order chi connectivity index (χ1) is 10.9. The summed E-state index contributed by atoms with van der Waals surface area (Å²) in [7, 11) is 0. The Labute approximate surface area is 129 Å². The number of fused-ring (bicyclic) bond motifs is 1. The highest BCUT2D eigenvalue weighted by molar-refractivity contribution is 5.33. The number of ether oxygens (including phenoxy) is 2. The fraction of sp³-hybridized carbons (Fsp3) is 0.438. The van der Waals surface area contributed by atoms with Gasteiger partial charge in [-0.3, -0.25) is 4.98 Å². The fourth-order valence-corrected chi connectivity index (χ4v) is 3.32. The lowest BCUT2D eigenvalue weighted by Gasteiger charge is -2.38. The van der Waals surface area contributed by atoms with Crippen molar-refractivity contribution in [3.63, 3.8) is 0 Å². The van der Waals surface area contributed by atoms with Crippen LogP contribution >= 0.6 is 0 Å². The largest absolute Gasteiger partial charge is 0.486 e. The first kappa shape index (κ1) is 13.5. The van der Waals surface area contributed by atoms with Crippen LogP contribution in [0.4, 0.5) is 5.95 Å². The van der Waals surface area contributed by atoms with Crippen LogP contribution in [0.25, 0.3) is 0 Å². The summed E-state index contributed by atoms with van der Waals surface area (Å²) < 4.78 is 12.1. The zero-order valence-electron chi connectivity index (χ0n) is 12.2. The predicted molar refractivity (Wildman–Crippen MR) is 80.8 cm³/mol. The van der Waals surface area contributed by atoms with Gasteiger partial charge in [-0.2, -0.15) is 0 Å². The molecule has 0 aromatic carbocycles. The summed E-state index contributed by atoms with van der Waals surface area (Å²) in [6.07, 6.45) is 9.15. The van der Waals surface area contributed by atoms with E-state index in [1.165, 1.54) is 0 Å². The van der Waals surface area contributed by atoms with Gasteiger partial charge in [-0.25, -0.2) is 9.97 Å². The van der Waals surface area contributed by atoms with Crippen molar-refractivity contribution in [3.8, 4) is 5.75 Å². The summed E-state index contributed by atoms with van der Waals surface area (Å²) in [4.78, 5) is 15.1. The maximum Gasteiger partial charge on any atom is 0.225 e. The van der Waals surface area contributed by atoms with Crippen molar-refractivity contribution < 1.29 is 9.47 Å². The summed E-state index contributed by atoms with van der Waals surface area (Å²) in [6, 6.07) is 5.93. The zero-order chi connectivity index (χ0) is 14.8. The van der Waals surface area contributed by atoms with Gasteiger partial charge in [0.2, 0.25) is 5.95 Å². The highest BCUT2D eigenvalue weighted by Crippen LogP contribution is 2.34. The summed E-state index contributed by atoms with van der Waals surface area (Å²) in [5, 5.41) is 0. The Bertz CT molecular complexity index is 610. The molecule has 2 aromatic rings. The molecule has 4 rings (SSSR count). The van der Waals surface area contributed by atoms with Crippen molar-refractivity contribution in [1.29, 1.82) is 0 Å². The molecule has 0 bridgehead atoms. The third kappa shape index (κ3) is 2.50. The van der Waals surface area contributed by atoms with Crippen molar-refractivity contribution in [2.45, 2.75) is 31.1 Å². The van der Waals surface area contributed by atoms with Crippen LogP contribution in [0.1, 0.15) is 12.8 Å². The molecule has 1 aliphatic carbocycles. The van der Waals surface area contributed by atoms with Crippen LogP contribution in [-0.4, -0.2) is 46.4 Å². The quantitative estimate of drug-likeness (QED) is 0.859. The van der Waals surface area contributed by atoms with E-state index >= 15 is 0 Å². The smallest absolute Gasteiger partial charge is 0.225 e. The second kappa shape index (κ2) is 5.88. The van der Waals surface area contributed by atoms with E-state index in [0.717, 1.165) is 31.1 Å². The number of pyridine rings is 1. The highest BCUT2D eigenvalue weighted by Gasteiger charge is 2.44. The fourth-order valence-electron chi connectivity index (χ4n) is 3.32. The Morgan fingerprint density at radius 3 is 2.86 bits per heavy atom. The molecule has 1 saturated heterocycles. The van der Waals surface area contributed by atoms with Gasteiger partial charge in [-0.1, -0.05) is 0 Å². The Morgan fingerprint density at radius 2 is 2.05 bits per heavy atom. The zero-order valence-corrected chi connectivity index (χ0v) is 12.2. The van der Waals surface area contributed by atoms with Crippen LogP contribution in [0.15, 0.2) is 43.0 Å². The van der Waals surface area contributed by atoms with Gasteiger partial charge in [-0.15, -0.1) is 0 Å². The average Bonchev–Trinajstić information content (AvgIpc) is 3.00. The van der Waals surface area contributed by atoms with Crippen molar-refractivity contribution >= 4 is 5.95 Å². The Morgan fingerprint density at radius 1 is 1.14 bits per heavy atom. The van der Waals surface area contributed by atoms with E-state index in [-0.39, 0.29) is 18.2 Å². The molecular weight excluding hydrogens is 280 g/mol. The summed E-state index contributed by atoms with van der Waals surface area (Å²) in [6.45, 7) is 1.50.